The number of aryl methyl sites for hydroxylation is 1. The van der Waals surface area contributed by atoms with Crippen LogP contribution in [-0.2, 0) is 11.2 Å². The maximum absolute atomic E-state index is 11.7. The molecule has 0 N–H and O–H groups in total. The second-order valence-corrected chi connectivity index (χ2v) is 5.83. The lowest BCUT2D eigenvalue weighted by Crippen LogP contribution is -2.08. The Balaban J connectivity index is 2.81. The van der Waals surface area contributed by atoms with Crippen LogP contribution in [0.1, 0.15) is 55.9 Å². The zero-order valence-electron chi connectivity index (χ0n) is 13.8. The number of hydrogen-bond donors (Lipinski definition) is 0. The molecule has 2 nitrogen and oxygen atoms in total. The molecule has 0 unspecified atom stereocenters. The second kappa shape index (κ2) is 7.47. The predicted octanol–water partition coefficient (Wildman–Crippen LogP) is 4.56. The van der Waals surface area contributed by atoms with Crippen LogP contribution < -0.4 is 4.74 Å². The molecule has 1 aromatic rings. The Morgan fingerprint density at radius 1 is 1.20 bits per heavy atom. The van der Waals surface area contributed by atoms with Crippen LogP contribution in [0.4, 0.5) is 0 Å². The summed E-state index contributed by atoms with van der Waals surface area (Å²) in [6, 6.07) is 2.13. The van der Waals surface area contributed by atoms with Gasteiger partial charge >= 0.3 is 0 Å². The van der Waals surface area contributed by atoms with E-state index >= 15 is 0 Å². The fourth-order valence-corrected chi connectivity index (χ4v) is 2.52. The molecule has 0 fully saturated rings. The molecule has 20 heavy (non-hydrogen) atoms. The standard InChI is InChI=1S/C18H28O2/c1-7-20-18-11-13(4)16(14(5)15(18)6)9-8-10-17(19)12(2)3/h11-12H,7-10H2,1-6H3. The Morgan fingerprint density at radius 3 is 2.40 bits per heavy atom. The van der Waals surface area contributed by atoms with Crippen molar-refractivity contribution in [1.82, 2.24) is 0 Å². The summed E-state index contributed by atoms with van der Waals surface area (Å²) in [5.74, 6) is 1.51. The summed E-state index contributed by atoms with van der Waals surface area (Å²) >= 11 is 0. The summed E-state index contributed by atoms with van der Waals surface area (Å²) in [7, 11) is 0. The first kappa shape index (κ1) is 16.7. The van der Waals surface area contributed by atoms with Gasteiger partial charge in [0.1, 0.15) is 11.5 Å². The second-order valence-electron chi connectivity index (χ2n) is 5.83. The molecule has 0 radical (unpaired) electrons. The molecule has 0 aromatic heterocycles. The number of carbonyl (C=O) groups is 1. The smallest absolute Gasteiger partial charge is 0.135 e. The molecule has 0 amide bonds. The zero-order chi connectivity index (χ0) is 15.3. The van der Waals surface area contributed by atoms with Crippen molar-refractivity contribution >= 4 is 5.78 Å². The number of rotatable bonds is 7. The van der Waals surface area contributed by atoms with Gasteiger partial charge in [0, 0.05) is 12.3 Å². The first-order valence-corrected chi connectivity index (χ1v) is 7.63. The third-order valence-corrected chi connectivity index (χ3v) is 4.00. The lowest BCUT2D eigenvalue weighted by molar-refractivity contribution is -0.121. The lowest BCUT2D eigenvalue weighted by Gasteiger charge is -2.17. The van der Waals surface area contributed by atoms with E-state index < -0.39 is 0 Å². The SMILES string of the molecule is CCOc1cc(C)c(CCCC(=O)C(C)C)c(C)c1C. The Morgan fingerprint density at radius 2 is 1.85 bits per heavy atom. The number of ether oxygens (including phenoxy) is 1. The molecule has 0 atom stereocenters. The van der Waals surface area contributed by atoms with Crippen LogP contribution in [0.25, 0.3) is 0 Å². The lowest BCUT2D eigenvalue weighted by atomic mass is 9.92. The fourth-order valence-electron chi connectivity index (χ4n) is 2.52. The molecule has 0 aliphatic rings. The molecule has 0 saturated carbocycles. The first-order chi connectivity index (χ1) is 9.38. The number of carbonyl (C=O) groups excluding carboxylic acids is 1. The molecule has 112 valence electrons. The third kappa shape index (κ3) is 4.09. The van der Waals surface area contributed by atoms with Crippen LogP contribution >= 0.6 is 0 Å². The first-order valence-electron chi connectivity index (χ1n) is 7.63. The fraction of sp³-hybridized carbons (Fsp3) is 0.611. The van der Waals surface area contributed by atoms with Gasteiger partial charge in [0.25, 0.3) is 0 Å². The van der Waals surface area contributed by atoms with E-state index in [2.05, 4.69) is 26.8 Å². The Hall–Kier alpha value is -1.31. The third-order valence-electron chi connectivity index (χ3n) is 4.00. The van der Waals surface area contributed by atoms with Crippen molar-refractivity contribution in [1.29, 1.82) is 0 Å². The van der Waals surface area contributed by atoms with E-state index in [0.717, 1.165) is 18.6 Å². The van der Waals surface area contributed by atoms with E-state index in [0.29, 0.717) is 18.8 Å². The number of benzene rings is 1. The highest BCUT2D eigenvalue weighted by molar-refractivity contribution is 5.80. The number of ketones is 1. The summed E-state index contributed by atoms with van der Waals surface area (Å²) in [4.78, 5) is 11.7. The summed E-state index contributed by atoms with van der Waals surface area (Å²) in [6.07, 6.45) is 2.60. The van der Waals surface area contributed by atoms with E-state index in [-0.39, 0.29) is 5.92 Å². The molecule has 0 aliphatic carbocycles. The van der Waals surface area contributed by atoms with Crippen molar-refractivity contribution in [3.05, 3.63) is 28.3 Å². The molecule has 1 rings (SSSR count). The quantitative estimate of drug-likeness (QED) is 0.730. The topological polar surface area (TPSA) is 26.3 Å². The maximum Gasteiger partial charge on any atom is 0.135 e. The van der Waals surface area contributed by atoms with Crippen molar-refractivity contribution in [2.45, 2.75) is 60.8 Å². The van der Waals surface area contributed by atoms with Crippen LogP contribution in [0.15, 0.2) is 6.07 Å². The Bertz CT molecular complexity index is 473. The largest absolute Gasteiger partial charge is 0.494 e. The highest BCUT2D eigenvalue weighted by Gasteiger charge is 2.12. The summed E-state index contributed by atoms with van der Waals surface area (Å²) in [5, 5.41) is 0. The van der Waals surface area contributed by atoms with Crippen molar-refractivity contribution < 1.29 is 9.53 Å². The van der Waals surface area contributed by atoms with E-state index in [1.165, 1.54) is 22.3 Å². The van der Waals surface area contributed by atoms with Gasteiger partial charge in [0.15, 0.2) is 0 Å². The molecule has 0 spiro atoms. The molecule has 1 aromatic carbocycles. The van der Waals surface area contributed by atoms with Gasteiger partial charge in [-0.2, -0.15) is 0 Å². The summed E-state index contributed by atoms with van der Waals surface area (Å²) in [5.41, 5.74) is 5.18. The van der Waals surface area contributed by atoms with Crippen LogP contribution in [0.2, 0.25) is 0 Å². The minimum Gasteiger partial charge on any atom is -0.494 e. The van der Waals surface area contributed by atoms with Crippen LogP contribution in [0.3, 0.4) is 0 Å². The Labute approximate surface area is 123 Å². The normalized spacial score (nSPS) is 10.9. The maximum atomic E-state index is 11.7. The van der Waals surface area contributed by atoms with Crippen molar-refractivity contribution in [3.63, 3.8) is 0 Å². The molecular formula is C18H28O2. The van der Waals surface area contributed by atoms with Gasteiger partial charge in [-0.05, 0) is 68.9 Å². The summed E-state index contributed by atoms with van der Waals surface area (Å²) in [6.45, 7) is 13.1. The van der Waals surface area contributed by atoms with Crippen LogP contribution in [0, 0.1) is 26.7 Å². The molecule has 0 heterocycles. The van der Waals surface area contributed by atoms with Gasteiger partial charge in [0.05, 0.1) is 6.61 Å². The molecule has 0 saturated heterocycles. The van der Waals surface area contributed by atoms with Gasteiger partial charge in [-0.3, -0.25) is 4.79 Å². The van der Waals surface area contributed by atoms with E-state index in [1.807, 2.05) is 20.8 Å². The Kier molecular flexibility index (Phi) is 6.25. The highest BCUT2D eigenvalue weighted by Crippen LogP contribution is 2.28. The highest BCUT2D eigenvalue weighted by atomic mass is 16.5. The van der Waals surface area contributed by atoms with Gasteiger partial charge in [-0.1, -0.05) is 13.8 Å². The van der Waals surface area contributed by atoms with Gasteiger partial charge in [0.2, 0.25) is 0 Å². The van der Waals surface area contributed by atoms with Crippen molar-refractivity contribution in [2.75, 3.05) is 6.61 Å². The van der Waals surface area contributed by atoms with E-state index in [1.54, 1.807) is 0 Å². The van der Waals surface area contributed by atoms with Gasteiger partial charge in [-0.25, -0.2) is 0 Å². The predicted molar refractivity (Wildman–Crippen MR) is 84.6 cm³/mol. The average Bonchev–Trinajstić information content (AvgIpc) is 2.39. The molecule has 0 aliphatic heterocycles. The summed E-state index contributed by atoms with van der Waals surface area (Å²) < 4.78 is 5.67. The minimum absolute atomic E-state index is 0.152. The van der Waals surface area contributed by atoms with Gasteiger partial charge < -0.3 is 4.74 Å². The van der Waals surface area contributed by atoms with E-state index in [9.17, 15) is 4.79 Å². The average molecular weight is 276 g/mol. The number of Topliss-reactive ketones (excluding diaryl/α,β-unsaturated/α-hetero) is 1. The molecule has 2 heteroatoms. The molecule has 0 bridgehead atoms. The monoisotopic (exact) mass is 276 g/mol. The zero-order valence-corrected chi connectivity index (χ0v) is 13.8. The molecular weight excluding hydrogens is 248 g/mol. The van der Waals surface area contributed by atoms with Crippen molar-refractivity contribution in [2.24, 2.45) is 5.92 Å². The van der Waals surface area contributed by atoms with Crippen LogP contribution in [-0.4, -0.2) is 12.4 Å². The van der Waals surface area contributed by atoms with Crippen LogP contribution in [0.5, 0.6) is 5.75 Å². The number of hydrogen-bond acceptors (Lipinski definition) is 2. The van der Waals surface area contributed by atoms with E-state index in [4.69, 9.17) is 4.74 Å². The van der Waals surface area contributed by atoms with Gasteiger partial charge in [-0.15, -0.1) is 0 Å². The van der Waals surface area contributed by atoms with Crippen molar-refractivity contribution in [3.8, 4) is 5.75 Å². The minimum atomic E-state index is 0.152.